The van der Waals surface area contributed by atoms with Gasteiger partial charge in [0.05, 0.1) is 18.0 Å². The number of carbonyl (C=O) groups excluding carboxylic acids is 5. The van der Waals surface area contributed by atoms with Crippen LogP contribution in [0.2, 0.25) is 0 Å². The van der Waals surface area contributed by atoms with Crippen LogP contribution in [0.25, 0.3) is 0 Å². The Morgan fingerprint density at radius 3 is 2.60 bits per heavy atom. The van der Waals surface area contributed by atoms with Gasteiger partial charge in [0.25, 0.3) is 5.91 Å². The molecule has 1 atom stereocenters. The zero-order chi connectivity index (χ0) is 22.1. The van der Waals surface area contributed by atoms with Crippen molar-refractivity contribution in [3.63, 3.8) is 0 Å². The number of amides is 5. The highest BCUT2D eigenvalue weighted by molar-refractivity contribution is 7.14. The van der Waals surface area contributed by atoms with Gasteiger partial charge < -0.3 is 16.4 Å². The van der Waals surface area contributed by atoms with Crippen LogP contribution in [0.15, 0.2) is 36.4 Å². The molecule has 1 aliphatic heterocycles. The minimum atomic E-state index is -1.42. The zero-order valence-electron chi connectivity index (χ0n) is 16.4. The van der Waals surface area contributed by atoms with E-state index in [1.165, 1.54) is 37.3 Å². The molecule has 3 rings (SSSR count). The third kappa shape index (κ3) is 4.08. The second-order valence-electron chi connectivity index (χ2n) is 6.99. The van der Waals surface area contributed by atoms with E-state index >= 15 is 0 Å². The number of hydrogen-bond donors (Lipinski definition) is 3. The minimum Gasteiger partial charge on any atom is -0.366 e. The van der Waals surface area contributed by atoms with Crippen LogP contribution in [-0.2, 0) is 21.7 Å². The van der Waals surface area contributed by atoms with Gasteiger partial charge in [0.15, 0.2) is 5.78 Å². The number of nitrogens with zero attached hydrogens (tertiary/aromatic N) is 1. The molecule has 5 amide bonds. The second-order valence-corrected chi connectivity index (χ2v) is 8.16. The van der Waals surface area contributed by atoms with Crippen molar-refractivity contribution in [1.29, 1.82) is 0 Å². The molecule has 2 aromatic rings. The fourth-order valence-electron chi connectivity index (χ4n) is 3.08. The van der Waals surface area contributed by atoms with E-state index in [1.54, 1.807) is 24.3 Å². The van der Waals surface area contributed by atoms with Gasteiger partial charge in [-0.3, -0.25) is 24.1 Å². The monoisotopic (exact) mass is 428 g/mol. The molecular formula is C20H20N4O5S. The number of primary amides is 1. The molecule has 4 N–H and O–H groups in total. The van der Waals surface area contributed by atoms with Crippen LogP contribution >= 0.6 is 11.3 Å². The summed E-state index contributed by atoms with van der Waals surface area (Å²) in [6, 6.07) is 8.72. The molecule has 156 valence electrons. The van der Waals surface area contributed by atoms with E-state index < -0.39 is 35.7 Å². The molecule has 0 spiro atoms. The summed E-state index contributed by atoms with van der Waals surface area (Å²) in [6.07, 6.45) is 0. The first kappa shape index (κ1) is 21.2. The fourth-order valence-corrected chi connectivity index (χ4v) is 3.95. The Bertz CT molecular complexity index is 1060. The molecule has 0 saturated carbocycles. The quantitative estimate of drug-likeness (QED) is 0.448. The van der Waals surface area contributed by atoms with Crippen molar-refractivity contribution in [3.05, 3.63) is 57.3 Å². The lowest BCUT2D eigenvalue weighted by molar-refractivity contribution is -0.130. The van der Waals surface area contributed by atoms with Gasteiger partial charge in [0, 0.05) is 17.4 Å². The van der Waals surface area contributed by atoms with Crippen LogP contribution in [0.5, 0.6) is 0 Å². The average molecular weight is 428 g/mol. The molecule has 0 bridgehead atoms. The van der Waals surface area contributed by atoms with E-state index in [9.17, 15) is 24.0 Å². The topological polar surface area (TPSA) is 139 Å². The van der Waals surface area contributed by atoms with Crippen molar-refractivity contribution in [2.24, 2.45) is 5.73 Å². The predicted octanol–water partition coefficient (Wildman–Crippen LogP) is 1.13. The Labute approximate surface area is 176 Å². The van der Waals surface area contributed by atoms with Crippen molar-refractivity contribution >= 4 is 40.9 Å². The lowest BCUT2D eigenvalue weighted by Crippen LogP contribution is -2.41. The molecule has 9 nitrogen and oxygen atoms in total. The molecule has 0 radical (unpaired) electrons. The van der Waals surface area contributed by atoms with Gasteiger partial charge in [-0.2, -0.15) is 0 Å². The van der Waals surface area contributed by atoms with Crippen LogP contribution in [-0.4, -0.2) is 41.0 Å². The van der Waals surface area contributed by atoms with Gasteiger partial charge in [-0.05, 0) is 36.8 Å². The van der Waals surface area contributed by atoms with Gasteiger partial charge in [-0.15, -0.1) is 11.3 Å². The molecule has 10 heteroatoms. The Morgan fingerprint density at radius 2 is 1.93 bits per heavy atom. The lowest BCUT2D eigenvalue weighted by atomic mass is 9.90. The zero-order valence-corrected chi connectivity index (χ0v) is 17.2. The van der Waals surface area contributed by atoms with Crippen LogP contribution in [0.3, 0.4) is 0 Å². The Balaban J connectivity index is 1.76. The number of thiophene rings is 1. The second kappa shape index (κ2) is 8.07. The maximum Gasteiger partial charge on any atom is 0.325 e. The largest absolute Gasteiger partial charge is 0.366 e. The summed E-state index contributed by atoms with van der Waals surface area (Å²) in [7, 11) is 0. The van der Waals surface area contributed by atoms with Crippen LogP contribution in [0.1, 0.15) is 44.3 Å². The number of carbonyl (C=O) groups is 5. The Morgan fingerprint density at radius 1 is 1.20 bits per heavy atom. The number of urea groups is 1. The van der Waals surface area contributed by atoms with Gasteiger partial charge in [0.2, 0.25) is 11.8 Å². The van der Waals surface area contributed by atoms with E-state index in [2.05, 4.69) is 10.6 Å². The maximum absolute atomic E-state index is 13.0. The highest BCUT2D eigenvalue weighted by atomic mass is 32.1. The third-order valence-corrected chi connectivity index (χ3v) is 5.88. The fraction of sp³-hybridized carbons (Fsp3) is 0.250. The first-order valence-corrected chi connectivity index (χ1v) is 9.84. The summed E-state index contributed by atoms with van der Waals surface area (Å²) in [4.78, 5) is 62.5. The molecule has 1 aromatic carbocycles. The van der Waals surface area contributed by atoms with E-state index in [1.807, 2.05) is 0 Å². The minimum absolute atomic E-state index is 0.185. The van der Waals surface area contributed by atoms with Crippen molar-refractivity contribution in [3.8, 4) is 0 Å². The summed E-state index contributed by atoms with van der Waals surface area (Å²) in [5, 5.41) is 5.24. The molecule has 2 heterocycles. The number of imide groups is 1. The summed E-state index contributed by atoms with van der Waals surface area (Å²) in [6.45, 7) is 2.78. The Kier molecular flexibility index (Phi) is 5.70. The number of hydrogen-bond acceptors (Lipinski definition) is 6. The van der Waals surface area contributed by atoms with E-state index in [0.717, 1.165) is 9.78 Å². The number of rotatable bonds is 7. The summed E-state index contributed by atoms with van der Waals surface area (Å²) < 4.78 is 0. The van der Waals surface area contributed by atoms with E-state index in [4.69, 9.17) is 5.73 Å². The standard InChI is InChI=1S/C20H20N4O5S/c1-11(25)22-9-14-6-7-16(30-14)15(26)10-24-18(28)20(2,23-19(24)29)13-5-3-4-12(8-13)17(21)27/h3-8H,9-10H2,1-2H3,(H2,21,27)(H,22,25)(H,23,29). The molecule has 1 unspecified atom stereocenters. The van der Waals surface area contributed by atoms with E-state index in [0.29, 0.717) is 17.0 Å². The molecule has 1 aromatic heterocycles. The highest BCUT2D eigenvalue weighted by Gasteiger charge is 2.49. The SMILES string of the molecule is CC(=O)NCc1ccc(C(=O)CN2C(=O)NC(C)(c3cccc(C(N)=O)c3)C2=O)s1. The lowest BCUT2D eigenvalue weighted by Gasteiger charge is -2.22. The van der Waals surface area contributed by atoms with Crippen LogP contribution in [0.4, 0.5) is 4.79 Å². The molecule has 0 aliphatic carbocycles. The molecule has 1 saturated heterocycles. The van der Waals surface area contributed by atoms with E-state index in [-0.39, 0.29) is 11.5 Å². The maximum atomic E-state index is 13.0. The average Bonchev–Trinajstić information content (AvgIpc) is 3.26. The van der Waals surface area contributed by atoms with Gasteiger partial charge in [0.1, 0.15) is 5.54 Å². The molecular weight excluding hydrogens is 408 g/mol. The normalized spacial score (nSPS) is 18.3. The van der Waals surface area contributed by atoms with Gasteiger partial charge in [-0.25, -0.2) is 4.79 Å². The smallest absolute Gasteiger partial charge is 0.325 e. The number of benzene rings is 1. The molecule has 1 fully saturated rings. The molecule has 30 heavy (non-hydrogen) atoms. The number of ketones is 1. The van der Waals surface area contributed by atoms with Crippen LogP contribution in [0, 0.1) is 0 Å². The first-order valence-electron chi connectivity index (χ1n) is 9.02. The summed E-state index contributed by atoms with van der Waals surface area (Å²) >= 11 is 1.18. The summed E-state index contributed by atoms with van der Waals surface area (Å²) in [5.41, 5.74) is 4.47. The van der Waals surface area contributed by atoms with Crippen molar-refractivity contribution < 1.29 is 24.0 Å². The number of nitrogens with one attached hydrogen (secondary N) is 2. The third-order valence-electron chi connectivity index (χ3n) is 4.75. The van der Waals surface area contributed by atoms with Gasteiger partial charge in [-0.1, -0.05) is 12.1 Å². The summed E-state index contributed by atoms with van der Waals surface area (Å²) in [5.74, 6) is -1.84. The van der Waals surface area contributed by atoms with Crippen molar-refractivity contribution in [2.45, 2.75) is 25.9 Å². The number of nitrogens with two attached hydrogens (primary N) is 1. The molecule has 1 aliphatic rings. The predicted molar refractivity (Wildman–Crippen MR) is 109 cm³/mol. The number of Topliss-reactive ketones (excluding diaryl/α,β-unsaturated/α-hetero) is 1. The Hall–Kier alpha value is -3.53. The highest BCUT2D eigenvalue weighted by Crippen LogP contribution is 2.30. The first-order chi connectivity index (χ1) is 14.1. The van der Waals surface area contributed by atoms with Gasteiger partial charge >= 0.3 is 6.03 Å². The van der Waals surface area contributed by atoms with Crippen molar-refractivity contribution in [1.82, 2.24) is 15.5 Å². The van der Waals surface area contributed by atoms with Crippen LogP contribution < -0.4 is 16.4 Å². The van der Waals surface area contributed by atoms with Crippen molar-refractivity contribution in [2.75, 3.05) is 6.54 Å².